The first-order chi connectivity index (χ1) is 5.43. The first-order valence-electron chi connectivity index (χ1n) is 3.98. The summed E-state index contributed by atoms with van der Waals surface area (Å²) in [5, 5.41) is 0. The van der Waals surface area contributed by atoms with Crippen molar-refractivity contribution in [3.05, 3.63) is 43.2 Å². The molecule has 0 aromatic carbocycles. The molecular weight excluding hydrogens is 170 g/mol. The third-order valence-corrected chi connectivity index (χ3v) is 1.60. The number of unbranched alkanes of at least 4 members (excludes halogenated alkanes) is 1. The predicted octanol–water partition coefficient (Wildman–Crippen LogP) is -1.06. The zero-order chi connectivity index (χ0) is 7.94. The minimum Gasteiger partial charge on any atom is -1.00 e. The van der Waals surface area contributed by atoms with Gasteiger partial charge >= 0.3 is 0 Å². The van der Waals surface area contributed by atoms with Crippen LogP contribution in [0.1, 0.15) is 12.8 Å². The Kier molecular flexibility index (Phi) is 6.39. The van der Waals surface area contributed by atoms with Crippen LogP contribution in [0.5, 0.6) is 0 Å². The van der Waals surface area contributed by atoms with Gasteiger partial charge in [-0.15, -0.1) is 6.58 Å². The van der Waals surface area contributed by atoms with Crippen molar-refractivity contribution in [2.45, 2.75) is 19.4 Å². The molecule has 1 nitrogen and oxygen atoms in total. The number of halogens is 1. The van der Waals surface area contributed by atoms with E-state index < -0.39 is 0 Å². The molecule has 0 bridgehead atoms. The van der Waals surface area contributed by atoms with E-state index in [1.54, 1.807) is 0 Å². The van der Waals surface area contributed by atoms with Gasteiger partial charge in [-0.2, -0.15) is 0 Å². The van der Waals surface area contributed by atoms with E-state index in [1.165, 1.54) is 6.42 Å². The van der Waals surface area contributed by atoms with Crippen molar-refractivity contribution < 1.29 is 17.0 Å². The van der Waals surface area contributed by atoms with Crippen LogP contribution in [0, 0.1) is 0 Å². The molecular formula is C10H14ClN. The second kappa shape index (κ2) is 6.86. The molecule has 66 valence electrons. The lowest BCUT2D eigenvalue weighted by atomic mass is 10.3. The van der Waals surface area contributed by atoms with Gasteiger partial charge in [-0.05, 0) is 6.42 Å². The maximum Gasteiger partial charge on any atom is 0.168 e. The highest BCUT2D eigenvalue weighted by Gasteiger charge is 1.94. The van der Waals surface area contributed by atoms with Gasteiger partial charge in [0.05, 0.1) is 0 Å². The van der Waals surface area contributed by atoms with Crippen molar-refractivity contribution in [2.24, 2.45) is 0 Å². The second-order valence-electron chi connectivity index (χ2n) is 2.54. The molecule has 0 saturated heterocycles. The lowest BCUT2D eigenvalue weighted by Gasteiger charge is -1.92. The van der Waals surface area contributed by atoms with Crippen molar-refractivity contribution >= 4 is 0 Å². The number of hydrogen-bond acceptors (Lipinski definition) is 0. The highest BCUT2D eigenvalue weighted by Crippen LogP contribution is 1.88. The number of aromatic nitrogens is 1. The summed E-state index contributed by atoms with van der Waals surface area (Å²) in [6.07, 6.45) is 8.41. The van der Waals surface area contributed by atoms with E-state index in [2.05, 4.69) is 23.5 Å². The molecule has 1 aromatic heterocycles. The first kappa shape index (κ1) is 11.2. The van der Waals surface area contributed by atoms with Crippen LogP contribution in [0.25, 0.3) is 0 Å². The van der Waals surface area contributed by atoms with Crippen molar-refractivity contribution in [1.82, 2.24) is 0 Å². The monoisotopic (exact) mass is 183 g/mol. The number of nitrogens with zero attached hydrogens (tertiary/aromatic N) is 1. The Morgan fingerprint density at radius 3 is 2.42 bits per heavy atom. The number of pyridine rings is 1. The average Bonchev–Trinajstić information content (AvgIpc) is 2.07. The molecule has 1 rings (SSSR count). The lowest BCUT2D eigenvalue weighted by Crippen LogP contribution is -3.00. The van der Waals surface area contributed by atoms with E-state index in [1.807, 2.05) is 24.3 Å². The fourth-order valence-electron chi connectivity index (χ4n) is 1.00. The highest BCUT2D eigenvalue weighted by molar-refractivity contribution is 4.83. The topological polar surface area (TPSA) is 3.88 Å². The van der Waals surface area contributed by atoms with Gasteiger partial charge in [0.15, 0.2) is 12.4 Å². The average molecular weight is 184 g/mol. The van der Waals surface area contributed by atoms with E-state index in [-0.39, 0.29) is 12.4 Å². The molecule has 0 aliphatic rings. The molecule has 0 fully saturated rings. The molecule has 1 aromatic rings. The van der Waals surface area contributed by atoms with Crippen LogP contribution in [-0.2, 0) is 6.54 Å². The van der Waals surface area contributed by atoms with Crippen LogP contribution < -0.4 is 17.0 Å². The summed E-state index contributed by atoms with van der Waals surface area (Å²) >= 11 is 0. The molecule has 0 radical (unpaired) electrons. The summed E-state index contributed by atoms with van der Waals surface area (Å²) < 4.78 is 2.18. The van der Waals surface area contributed by atoms with E-state index in [0.29, 0.717) is 0 Å². The fourth-order valence-corrected chi connectivity index (χ4v) is 1.00. The fraction of sp³-hybridized carbons (Fsp3) is 0.300. The van der Waals surface area contributed by atoms with Crippen molar-refractivity contribution in [1.29, 1.82) is 0 Å². The molecule has 0 amide bonds. The summed E-state index contributed by atoms with van der Waals surface area (Å²) in [5.41, 5.74) is 0. The number of hydrogen-bond donors (Lipinski definition) is 0. The predicted molar refractivity (Wildman–Crippen MR) is 46.1 cm³/mol. The Morgan fingerprint density at radius 2 is 1.83 bits per heavy atom. The van der Waals surface area contributed by atoms with Gasteiger partial charge < -0.3 is 12.4 Å². The third-order valence-electron chi connectivity index (χ3n) is 1.60. The van der Waals surface area contributed by atoms with Crippen LogP contribution in [-0.4, -0.2) is 0 Å². The summed E-state index contributed by atoms with van der Waals surface area (Å²) in [6, 6.07) is 6.13. The SMILES string of the molecule is C=CCCC[n+]1ccccc1.[Cl-]. The van der Waals surface area contributed by atoms with E-state index in [4.69, 9.17) is 0 Å². The number of aryl methyl sites for hydroxylation is 1. The summed E-state index contributed by atoms with van der Waals surface area (Å²) in [6.45, 7) is 4.77. The maximum absolute atomic E-state index is 3.68. The molecule has 0 saturated carbocycles. The zero-order valence-electron chi connectivity index (χ0n) is 7.12. The van der Waals surface area contributed by atoms with Gasteiger partial charge in [0.2, 0.25) is 0 Å². The number of allylic oxidation sites excluding steroid dienone is 1. The van der Waals surface area contributed by atoms with Crippen LogP contribution in [0.2, 0.25) is 0 Å². The van der Waals surface area contributed by atoms with Crippen LogP contribution in [0.4, 0.5) is 0 Å². The van der Waals surface area contributed by atoms with Gasteiger partial charge in [-0.1, -0.05) is 12.1 Å². The molecule has 12 heavy (non-hydrogen) atoms. The molecule has 0 N–H and O–H groups in total. The zero-order valence-corrected chi connectivity index (χ0v) is 7.87. The van der Waals surface area contributed by atoms with Crippen molar-refractivity contribution in [3.63, 3.8) is 0 Å². The number of rotatable bonds is 4. The summed E-state index contributed by atoms with van der Waals surface area (Å²) in [5.74, 6) is 0. The molecule has 1 heterocycles. The van der Waals surface area contributed by atoms with Gasteiger partial charge in [0, 0.05) is 18.6 Å². The van der Waals surface area contributed by atoms with Gasteiger partial charge in [-0.25, -0.2) is 4.57 Å². The standard InChI is InChI=1S/C10H14N.ClH/c1-2-3-5-8-11-9-6-4-7-10-11;/h2,4,6-7,9-10H,1,3,5,8H2;1H/q+1;/p-1. The lowest BCUT2D eigenvalue weighted by molar-refractivity contribution is -0.697. The Bertz CT molecular complexity index is 208. The van der Waals surface area contributed by atoms with E-state index in [0.717, 1.165) is 13.0 Å². The first-order valence-corrected chi connectivity index (χ1v) is 3.98. The maximum atomic E-state index is 3.68. The molecule has 0 unspecified atom stereocenters. The van der Waals surface area contributed by atoms with Gasteiger partial charge in [0.1, 0.15) is 6.54 Å². The van der Waals surface area contributed by atoms with Crippen molar-refractivity contribution in [2.75, 3.05) is 0 Å². The molecule has 2 heteroatoms. The Morgan fingerprint density at radius 1 is 1.17 bits per heavy atom. The smallest absolute Gasteiger partial charge is 0.168 e. The normalized spacial score (nSPS) is 8.67. The Balaban J connectivity index is 0.00000121. The second-order valence-corrected chi connectivity index (χ2v) is 2.54. The minimum absolute atomic E-state index is 0. The van der Waals surface area contributed by atoms with Crippen LogP contribution in [0.3, 0.4) is 0 Å². The summed E-state index contributed by atoms with van der Waals surface area (Å²) in [4.78, 5) is 0. The molecule has 0 aliphatic heterocycles. The molecule has 0 atom stereocenters. The third kappa shape index (κ3) is 4.14. The van der Waals surface area contributed by atoms with Gasteiger partial charge in [-0.3, -0.25) is 0 Å². The van der Waals surface area contributed by atoms with Crippen molar-refractivity contribution in [3.8, 4) is 0 Å². The molecule has 0 aliphatic carbocycles. The minimum atomic E-state index is 0. The largest absolute Gasteiger partial charge is 1.00 e. The highest BCUT2D eigenvalue weighted by atomic mass is 35.5. The molecule has 0 spiro atoms. The van der Waals surface area contributed by atoms with Crippen LogP contribution >= 0.6 is 0 Å². The van der Waals surface area contributed by atoms with E-state index in [9.17, 15) is 0 Å². The quantitative estimate of drug-likeness (QED) is 0.319. The van der Waals surface area contributed by atoms with Crippen LogP contribution in [0.15, 0.2) is 43.2 Å². The van der Waals surface area contributed by atoms with E-state index >= 15 is 0 Å². The summed E-state index contributed by atoms with van der Waals surface area (Å²) in [7, 11) is 0. The Labute approximate surface area is 80.1 Å². The Hall–Kier alpha value is -0.820. The van der Waals surface area contributed by atoms with Gasteiger partial charge in [0.25, 0.3) is 0 Å².